The molecule has 3 aromatic carbocycles. The van der Waals surface area contributed by atoms with E-state index in [1.165, 1.54) is 5.56 Å². The van der Waals surface area contributed by atoms with Crippen LogP contribution in [0.1, 0.15) is 47.9 Å². The normalized spacial score (nSPS) is 11.7. The second-order valence-electron chi connectivity index (χ2n) is 8.37. The van der Waals surface area contributed by atoms with Crippen molar-refractivity contribution in [1.29, 1.82) is 5.26 Å². The zero-order chi connectivity index (χ0) is 24.0. The van der Waals surface area contributed by atoms with Gasteiger partial charge < -0.3 is 9.84 Å². The number of ether oxygens (including phenoxy) is 1. The first-order chi connectivity index (χ1) is 16.7. The van der Waals surface area contributed by atoms with Gasteiger partial charge in [-0.3, -0.25) is 4.79 Å². The van der Waals surface area contributed by atoms with Crippen LogP contribution in [0, 0.1) is 17.2 Å². The molecule has 4 nitrogen and oxygen atoms in total. The summed E-state index contributed by atoms with van der Waals surface area (Å²) < 4.78 is 6.05. The highest BCUT2D eigenvalue weighted by atomic mass is 16.5. The number of allylic oxidation sites excluding steroid dienone is 1. The lowest BCUT2D eigenvalue weighted by atomic mass is 9.92. The van der Waals surface area contributed by atoms with Crippen LogP contribution in [0.25, 0.3) is 6.08 Å². The molecule has 1 unspecified atom stereocenters. The van der Waals surface area contributed by atoms with Gasteiger partial charge in [-0.2, -0.15) is 5.26 Å². The number of carbonyl (C=O) groups is 1. The summed E-state index contributed by atoms with van der Waals surface area (Å²) in [6, 6.07) is 27.9. The van der Waals surface area contributed by atoms with Crippen molar-refractivity contribution >= 4 is 12.0 Å². The summed E-state index contributed by atoms with van der Waals surface area (Å²) in [6.07, 6.45) is 8.66. The van der Waals surface area contributed by atoms with E-state index in [1.54, 1.807) is 6.07 Å². The maximum atomic E-state index is 11.4. The zero-order valence-electron chi connectivity index (χ0n) is 19.4. The van der Waals surface area contributed by atoms with Gasteiger partial charge in [0.1, 0.15) is 5.75 Å². The molecule has 0 saturated carbocycles. The third-order valence-electron chi connectivity index (χ3n) is 5.73. The molecule has 0 amide bonds. The van der Waals surface area contributed by atoms with Crippen LogP contribution in [0.2, 0.25) is 0 Å². The number of rotatable bonds is 13. The average Bonchev–Trinajstić information content (AvgIpc) is 2.86. The summed E-state index contributed by atoms with van der Waals surface area (Å²) in [6.45, 7) is 0.647. The fourth-order valence-electron chi connectivity index (χ4n) is 3.95. The predicted octanol–water partition coefficient (Wildman–Crippen LogP) is 6.70. The van der Waals surface area contributed by atoms with E-state index >= 15 is 0 Å². The molecule has 3 aromatic rings. The minimum atomic E-state index is -0.857. The number of aryl methyl sites for hydroxylation is 1. The average molecular weight is 454 g/mol. The Labute approximate surface area is 202 Å². The standard InChI is InChI=1S/C30H31NO3/c31-23-28-16-7-6-15-27(28)21-25(22-30(32)33)18-19-26-14-8-9-17-29(26)34-20-10-2-5-13-24-11-3-1-4-12-24/h1,3-4,6-9,11-12,14-19,25H,2,5,10,13,20-22H2,(H,32,33)/b19-18+. The Morgan fingerprint density at radius 3 is 2.47 bits per heavy atom. The monoisotopic (exact) mass is 453 g/mol. The van der Waals surface area contributed by atoms with E-state index in [-0.39, 0.29) is 12.3 Å². The lowest BCUT2D eigenvalue weighted by molar-refractivity contribution is -0.137. The molecular formula is C30H31NO3. The first-order valence-corrected chi connectivity index (χ1v) is 11.8. The molecular weight excluding hydrogens is 422 g/mol. The predicted molar refractivity (Wildman–Crippen MR) is 136 cm³/mol. The molecule has 34 heavy (non-hydrogen) atoms. The maximum Gasteiger partial charge on any atom is 0.303 e. The van der Waals surface area contributed by atoms with Gasteiger partial charge in [0.15, 0.2) is 0 Å². The second-order valence-corrected chi connectivity index (χ2v) is 8.37. The van der Waals surface area contributed by atoms with Crippen LogP contribution >= 0.6 is 0 Å². The molecule has 0 aliphatic heterocycles. The number of unbranched alkanes of at least 4 members (excludes halogenated alkanes) is 2. The summed E-state index contributed by atoms with van der Waals surface area (Å²) in [4.78, 5) is 11.4. The SMILES string of the molecule is N#Cc1ccccc1CC(/C=C/c1ccccc1OCCCCCc1ccccc1)CC(=O)O. The van der Waals surface area contributed by atoms with E-state index in [1.807, 2.05) is 60.7 Å². The number of carboxylic acid groups (broad SMARTS) is 1. The van der Waals surface area contributed by atoms with Crippen LogP contribution < -0.4 is 4.74 Å². The number of carboxylic acids is 1. The molecule has 0 heterocycles. The number of aliphatic carboxylic acids is 1. The van der Waals surface area contributed by atoms with Gasteiger partial charge in [-0.15, -0.1) is 0 Å². The number of benzene rings is 3. The molecule has 4 heteroatoms. The smallest absolute Gasteiger partial charge is 0.303 e. The van der Waals surface area contributed by atoms with Crippen molar-refractivity contribution < 1.29 is 14.6 Å². The second kappa shape index (κ2) is 13.6. The van der Waals surface area contributed by atoms with Crippen molar-refractivity contribution in [3.05, 3.63) is 107 Å². The van der Waals surface area contributed by atoms with Crippen LogP contribution in [0.5, 0.6) is 5.75 Å². The Hall–Kier alpha value is -3.84. The highest BCUT2D eigenvalue weighted by Crippen LogP contribution is 2.23. The van der Waals surface area contributed by atoms with Crippen LogP contribution in [-0.4, -0.2) is 17.7 Å². The Morgan fingerprint density at radius 2 is 1.68 bits per heavy atom. The van der Waals surface area contributed by atoms with E-state index in [0.29, 0.717) is 18.6 Å². The molecule has 0 fully saturated rings. The van der Waals surface area contributed by atoms with Crippen molar-refractivity contribution in [2.75, 3.05) is 6.61 Å². The van der Waals surface area contributed by atoms with Gasteiger partial charge in [-0.25, -0.2) is 0 Å². The number of hydrogen-bond acceptors (Lipinski definition) is 3. The van der Waals surface area contributed by atoms with Gasteiger partial charge in [0.05, 0.1) is 24.7 Å². The number of nitriles is 1. The van der Waals surface area contributed by atoms with Crippen molar-refractivity contribution in [3.63, 3.8) is 0 Å². The van der Waals surface area contributed by atoms with Gasteiger partial charge in [0.25, 0.3) is 0 Å². The quantitative estimate of drug-likeness (QED) is 0.292. The van der Waals surface area contributed by atoms with E-state index in [4.69, 9.17) is 4.74 Å². The lowest BCUT2D eigenvalue weighted by Crippen LogP contribution is -2.09. The molecule has 174 valence electrons. The fraction of sp³-hybridized carbons (Fsp3) is 0.267. The fourth-order valence-corrected chi connectivity index (χ4v) is 3.95. The summed E-state index contributed by atoms with van der Waals surface area (Å²) >= 11 is 0. The topological polar surface area (TPSA) is 70.3 Å². The first-order valence-electron chi connectivity index (χ1n) is 11.8. The summed E-state index contributed by atoms with van der Waals surface area (Å²) in [5, 5.41) is 18.7. The van der Waals surface area contributed by atoms with E-state index in [2.05, 4.69) is 30.3 Å². The van der Waals surface area contributed by atoms with Gasteiger partial charge in [0.2, 0.25) is 0 Å². The van der Waals surface area contributed by atoms with Gasteiger partial charge in [0, 0.05) is 5.56 Å². The number of nitrogens with zero attached hydrogens (tertiary/aromatic N) is 1. The Morgan fingerprint density at radius 1 is 0.941 bits per heavy atom. The van der Waals surface area contributed by atoms with Crippen LogP contribution in [-0.2, 0) is 17.6 Å². The Bertz CT molecular complexity index is 1120. The van der Waals surface area contributed by atoms with E-state index in [0.717, 1.165) is 42.6 Å². The molecule has 0 aliphatic rings. The molecule has 0 radical (unpaired) electrons. The molecule has 0 aliphatic carbocycles. The van der Waals surface area contributed by atoms with Crippen LogP contribution in [0.15, 0.2) is 84.9 Å². The van der Waals surface area contributed by atoms with Crippen LogP contribution in [0.3, 0.4) is 0 Å². The molecule has 0 spiro atoms. The van der Waals surface area contributed by atoms with Crippen molar-refractivity contribution in [2.45, 2.75) is 38.5 Å². The highest BCUT2D eigenvalue weighted by Gasteiger charge is 2.13. The lowest BCUT2D eigenvalue weighted by Gasteiger charge is -2.13. The molecule has 1 N–H and O–H groups in total. The van der Waals surface area contributed by atoms with Crippen molar-refractivity contribution in [2.24, 2.45) is 5.92 Å². The number of hydrogen-bond donors (Lipinski definition) is 1. The Kier molecular flexibility index (Phi) is 9.95. The highest BCUT2D eigenvalue weighted by molar-refractivity contribution is 5.68. The third-order valence-corrected chi connectivity index (χ3v) is 5.73. The maximum absolute atomic E-state index is 11.4. The van der Waals surface area contributed by atoms with Crippen molar-refractivity contribution in [3.8, 4) is 11.8 Å². The summed E-state index contributed by atoms with van der Waals surface area (Å²) in [5.41, 5.74) is 3.74. The van der Waals surface area contributed by atoms with Crippen LogP contribution in [0.4, 0.5) is 0 Å². The summed E-state index contributed by atoms with van der Waals surface area (Å²) in [7, 11) is 0. The molecule has 0 aromatic heterocycles. The largest absolute Gasteiger partial charge is 0.493 e. The molecule has 0 saturated heterocycles. The Balaban J connectivity index is 1.56. The molecule has 0 bridgehead atoms. The van der Waals surface area contributed by atoms with E-state index in [9.17, 15) is 15.2 Å². The van der Waals surface area contributed by atoms with Gasteiger partial charge in [-0.05, 0) is 61.3 Å². The van der Waals surface area contributed by atoms with E-state index < -0.39 is 5.97 Å². The van der Waals surface area contributed by atoms with Gasteiger partial charge >= 0.3 is 5.97 Å². The molecule has 1 atom stereocenters. The number of para-hydroxylation sites is 1. The van der Waals surface area contributed by atoms with Gasteiger partial charge in [-0.1, -0.05) is 78.9 Å². The summed E-state index contributed by atoms with van der Waals surface area (Å²) in [5.74, 6) is -0.282. The third kappa shape index (κ3) is 8.26. The first kappa shape index (κ1) is 24.8. The minimum absolute atomic E-state index is 0.000696. The minimum Gasteiger partial charge on any atom is -0.493 e. The zero-order valence-corrected chi connectivity index (χ0v) is 19.4. The molecule has 3 rings (SSSR count). The van der Waals surface area contributed by atoms with Crippen molar-refractivity contribution in [1.82, 2.24) is 0 Å².